The maximum Gasteiger partial charge on any atom is 0.163 e. The summed E-state index contributed by atoms with van der Waals surface area (Å²) in [4.78, 5) is 8.32. The predicted molar refractivity (Wildman–Crippen MR) is 60.9 cm³/mol. The molecule has 3 rings (SSSR count). The number of hydrogen-bond acceptors (Lipinski definition) is 3. The fraction of sp³-hybridized carbons (Fsp3) is 0.0833. The molecule has 0 spiro atoms. The summed E-state index contributed by atoms with van der Waals surface area (Å²) in [6.45, 7) is 1.75. The molecule has 90 valence electrons. The SMILES string of the molecule is Cc1nc2ccnc(-c3ccc(F)c(F)c3)n2n1. The lowest BCUT2D eigenvalue weighted by Crippen LogP contribution is -1.98. The van der Waals surface area contributed by atoms with Crippen LogP contribution in [0.15, 0.2) is 30.5 Å². The van der Waals surface area contributed by atoms with Crippen LogP contribution < -0.4 is 0 Å². The van der Waals surface area contributed by atoms with Gasteiger partial charge in [0.25, 0.3) is 0 Å². The molecule has 0 amide bonds. The van der Waals surface area contributed by atoms with Crippen molar-refractivity contribution in [3.63, 3.8) is 0 Å². The van der Waals surface area contributed by atoms with Gasteiger partial charge >= 0.3 is 0 Å². The molecule has 2 aromatic heterocycles. The van der Waals surface area contributed by atoms with Crippen LogP contribution in [0.1, 0.15) is 5.82 Å². The van der Waals surface area contributed by atoms with Gasteiger partial charge in [-0.25, -0.2) is 18.7 Å². The van der Waals surface area contributed by atoms with Crippen molar-refractivity contribution in [3.05, 3.63) is 47.9 Å². The van der Waals surface area contributed by atoms with Gasteiger partial charge in [0, 0.05) is 17.8 Å². The average Bonchev–Trinajstić information content (AvgIpc) is 2.72. The fourth-order valence-corrected chi connectivity index (χ4v) is 1.76. The zero-order chi connectivity index (χ0) is 12.7. The Hall–Kier alpha value is -2.37. The number of hydrogen-bond donors (Lipinski definition) is 0. The maximum atomic E-state index is 13.2. The Bertz CT molecular complexity index is 736. The van der Waals surface area contributed by atoms with E-state index in [9.17, 15) is 8.78 Å². The van der Waals surface area contributed by atoms with Crippen LogP contribution in [0, 0.1) is 18.6 Å². The van der Waals surface area contributed by atoms with Gasteiger partial charge in [-0.1, -0.05) is 0 Å². The highest BCUT2D eigenvalue weighted by Crippen LogP contribution is 2.19. The summed E-state index contributed by atoms with van der Waals surface area (Å²) in [6, 6.07) is 5.31. The summed E-state index contributed by atoms with van der Waals surface area (Å²) in [5, 5.41) is 4.17. The van der Waals surface area contributed by atoms with Gasteiger partial charge in [-0.05, 0) is 25.1 Å². The van der Waals surface area contributed by atoms with Gasteiger partial charge in [0.2, 0.25) is 0 Å². The Morgan fingerprint density at radius 3 is 2.72 bits per heavy atom. The van der Waals surface area contributed by atoms with Crippen LogP contribution in [0.3, 0.4) is 0 Å². The molecule has 0 saturated carbocycles. The fourth-order valence-electron chi connectivity index (χ4n) is 1.76. The van der Waals surface area contributed by atoms with Crippen molar-refractivity contribution in [1.82, 2.24) is 19.6 Å². The molecular formula is C12H8F2N4. The monoisotopic (exact) mass is 246 g/mol. The van der Waals surface area contributed by atoms with Crippen molar-refractivity contribution in [1.29, 1.82) is 0 Å². The first kappa shape index (κ1) is 10.8. The van der Waals surface area contributed by atoms with Crippen LogP contribution >= 0.6 is 0 Å². The molecule has 0 aliphatic rings. The molecule has 0 atom stereocenters. The van der Waals surface area contributed by atoms with E-state index in [0.29, 0.717) is 22.9 Å². The van der Waals surface area contributed by atoms with Gasteiger partial charge in [-0.3, -0.25) is 0 Å². The van der Waals surface area contributed by atoms with Crippen LogP contribution in [0.2, 0.25) is 0 Å². The summed E-state index contributed by atoms with van der Waals surface area (Å²) in [5.41, 5.74) is 1.06. The number of rotatable bonds is 1. The topological polar surface area (TPSA) is 43.1 Å². The van der Waals surface area contributed by atoms with Gasteiger partial charge in [-0.2, -0.15) is 4.52 Å². The van der Waals surface area contributed by atoms with Gasteiger partial charge in [0.05, 0.1) is 0 Å². The lowest BCUT2D eigenvalue weighted by molar-refractivity contribution is 0.509. The van der Waals surface area contributed by atoms with E-state index >= 15 is 0 Å². The third-order valence-electron chi connectivity index (χ3n) is 2.54. The quantitative estimate of drug-likeness (QED) is 0.662. The molecule has 0 saturated heterocycles. The Balaban J connectivity index is 2.27. The molecule has 6 heteroatoms. The molecule has 18 heavy (non-hydrogen) atoms. The molecule has 0 unspecified atom stereocenters. The summed E-state index contributed by atoms with van der Waals surface area (Å²) in [7, 11) is 0. The molecule has 0 fully saturated rings. The third-order valence-corrected chi connectivity index (χ3v) is 2.54. The molecular weight excluding hydrogens is 238 g/mol. The van der Waals surface area contributed by atoms with Crippen LogP contribution in [-0.4, -0.2) is 19.6 Å². The molecule has 0 aliphatic carbocycles. The van der Waals surface area contributed by atoms with E-state index in [1.807, 2.05) is 0 Å². The highest BCUT2D eigenvalue weighted by molar-refractivity contribution is 5.58. The second kappa shape index (κ2) is 3.83. The molecule has 0 bridgehead atoms. The van der Waals surface area contributed by atoms with E-state index in [4.69, 9.17) is 0 Å². The van der Waals surface area contributed by atoms with E-state index in [1.165, 1.54) is 10.6 Å². The average molecular weight is 246 g/mol. The van der Waals surface area contributed by atoms with Crippen molar-refractivity contribution >= 4 is 5.65 Å². The minimum absolute atomic E-state index is 0.423. The number of nitrogens with zero attached hydrogens (tertiary/aromatic N) is 4. The number of fused-ring (bicyclic) bond motifs is 1. The molecule has 0 radical (unpaired) electrons. The first-order valence-corrected chi connectivity index (χ1v) is 5.29. The Morgan fingerprint density at radius 2 is 1.94 bits per heavy atom. The van der Waals surface area contributed by atoms with Gasteiger partial charge in [-0.15, -0.1) is 5.10 Å². The molecule has 3 aromatic rings. The van der Waals surface area contributed by atoms with E-state index in [-0.39, 0.29) is 0 Å². The first-order chi connectivity index (χ1) is 8.65. The van der Waals surface area contributed by atoms with E-state index in [1.54, 1.807) is 19.2 Å². The van der Waals surface area contributed by atoms with Crippen LogP contribution in [0.25, 0.3) is 17.0 Å². The molecule has 0 aliphatic heterocycles. The standard InChI is InChI=1S/C12H8F2N4/c1-7-16-11-4-5-15-12(18(11)17-7)8-2-3-9(13)10(14)6-8/h2-6H,1H3. The van der Waals surface area contributed by atoms with Crippen LogP contribution in [0.4, 0.5) is 8.78 Å². The van der Waals surface area contributed by atoms with E-state index < -0.39 is 11.6 Å². The number of aromatic nitrogens is 4. The maximum absolute atomic E-state index is 13.2. The highest BCUT2D eigenvalue weighted by Gasteiger charge is 2.10. The molecule has 0 N–H and O–H groups in total. The van der Waals surface area contributed by atoms with Crippen molar-refractivity contribution in [3.8, 4) is 11.4 Å². The van der Waals surface area contributed by atoms with Crippen molar-refractivity contribution in [2.45, 2.75) is 6.92 Å². The van der Waals surface area contributed by atoms with Crippen molar-refractivity contribution in [2.75, 3.05) is 0 Å². The molecule has 1 aromatic carbocycles. The summed E-state index contributed by atoms with van der Waals surface area (Å²) in [6.07, 6.45) is 1.56. The second-order valence-electron chi connectivity index (χ2n) is 3.83. The van der Waals surface area contributed by atoms with Crippen molar-refractivity contribution in [2.24, 2.45) is 0 Å². The minimum atomic E-state index is -0.914. The van der Waals surface area contributed by atoms with Crippen molar-refractivity contribution < 1.29 is 8.78 Å². The number of halogens is 2. The lowest BCUT2D eigenvalue weighted by Gasteiger charge is -2.03. The third kappa shape index (κ3) is 1.62. The van der Waals surface area contributed by atoms with Gasteiger partial charge < -0.3 is 0 Å². The normalized spacial score (nSPS) is 11.1. The zero-order valence-corrected chi connectivity index (χ0v) is 9.43. The Morgan fingerprint density at radius 1 is 1.11 bits per heavy atom. The summed E-state index contributed by atoms with van der Waals surface area (Å²) >= 11 is 0. The smallest absolute Gasteiger partial charge is 0.163 e. The Labute approximate surface area is 101 Å². The minimum Gasteiger partial charge on any atom is -0.236 e. The van der Waals surface area contributed by atoms with Gasteiger partial charge in [0.1, 0.15) is 5.82 Å². The highest BCUT2D eigenvalue weighted by atomic mass is 19.2. The lowest BCUT2D eigenvalue weighted by atomic mass is 10.2. The predicted octanol–water partition coefficient (Wildman–Crippen LogP) is 2.38. The van der Waals surface area contributed by atoms with Gasteiger partial charge in [0.15, 0.2) is 23.1 Å². The zero-order valence-electron chi connectivity index (χ0n) is 9.43. The molecule has 4 nitrogen and oxygen atoms in total. The van der Waals surface area contributed by atoms with E-state index in [0.717, 1.165) is 12.1 Å². The van der Waals surface area contributed by atoms with Crippen LogP contribution in [0.5, 0.6) is 0 Å². The summed E-state index contributed by atoms with van der Waals surface area (Å²) < 4.78 is 27.6. The number of aryl methyl sites for hydroxylation is 1. The van der Waals surface area contributed by atoms with E-state index in [2.05, 4.69) is 15.1 Å². The first-order valence-electron chi connectivity index (χ1n) is 5.29. The second-order valence-corrected chi connectivity index (χ2v) is 3.83. The summed E-state index contributed by atoms with van der Waals surface area (Å²) in [5.74, 6) is -0.789. The van der Waals surface area contributed by atoms with Crippen LogP contribution in [-0.2, 0) is 0 Å². The Kier molecular flexibility index (Phi) is 2.29. The number of benzene rings is 1. The largest absolute Gasteiger partial charge is 0.236 e. The molecule has 2 heterocycles.